The van der Waals surface area contributed by atoms with E-state index in [4.69, 9.17) is 10.5 Å². The van der Waals surface area contributed by atoms with Crippen LogP contribution in [0.2, 0.25) is 0 Å². The van der Waals surface area contributed by atoms with E-state index >= 15 is 0 Å². The van der Waals surface area contributed by atoms with Crippen molar-refractivity contribution in [2.45, 2.75) is 39.7 Å². The van der Waals surface area contributed by atoms with E-state index in [0.29, 0.717) is 12.5 Å². The molecular weight excluding hydrogens is 186 g/mol. The molecular formula is C13H21NO. The van der Waals surface area contributed by atoms with E-state index in [0.717, 1.165) is 24.3 Å². The molecule has 0 aliphatic rings. The van der Waals surface area contributed by atoms with Gasteiger partial charge in [-0.25, -0.2) is 0 Å². The quantitative estimate of drug-likeness (QED) is 0.805. The third kappa shape index (κ3) is 3.24. The van der Waals surface area contributed by atoms with E-state index in [9.17, 15) is 0 Å². The molecule has 0 aromatic heterocycles. The molecule has 2 nitrogen and oxygen atoms in total. The van der Waals surface area contributed by atoms with Crippen LogP contribution in [0, 0.1) is 0 Å². The molecule has 15 heavy (non-hydrogen) atoms. The second-order valence-corrected chi connectivity index (χ2v) is 4.07. The molecule has 2 N–H and O–H groups in total. The zero-order chi connectivity index (χ0) is 11.3. The lowest BCUT2D eigenvalue weighted by atomic mass is 10.0. The summed E-state index contributed by atoms with van der Waals surface area (Å²) >= 11 is 0. The first-order valence-electron chi connectivity index (χ1n) is 5.64. The molecule has 0 radical (unpaired) electrons. The monoisotopic (exact) mass is 207 g/mol. The zero-order valence-electron chi connectivity index (χ0n) is 9.92. The predicted octanol–water partition coefficient (Wildman–Crippen LogP) is 3.06. The number of hydrogen-bond donors (Lipinski definition) is 1. The molecule has 0 saturated carbocycles. The van der Waals surface area contributed by atoms with Crippen molar-refractivity contribution in [3.63, 3.8) is 0 Å². The maximum atomic E-state index is 5.69. The Kier molecular flexibility index (Phi) is 4.63. The molecule has 0 aliphatic carbocycles. The van der Waals surface area contributed by atoms with Crippen LogP contribution in [0.4, 0.5) is 0 Å². The summed E-state index contributed by atoms with van der Waals surface area (Å²) in [6.07, 6.45) is 1.02. The van der Waals surface area contributed by atoms with E-state index in [2.05, 4.69) is 39.0 Å². The Labute approximate surface area is 92.4 Å². The summed E-state index contributed by atoms with van der Waals surface area (Å²) in [6, 6.07) is 6.31. The van der Waals surface area contributed by atoms with Crippen LogP contribution in [0.3, 0.4) is 0 Å². The Morgan fingerprint density at radius 1 is 1.33 bits per heavy atom. The third-order valence-corrected chi connectivity index (χ3v) is 2.44. The normalized spacial score (nSPS) is 10.7. The zero-order valence-corrected chi connectivity index (χ0v) is 9.92. The van der Waals surface area contributed by atoms with Crippen LogP contribution in [-0.4, -0.2) is 6.61 Å². The molecule has 1 aromatic carbocycles. The van der Waals surface area contributed by atoms with Gasteiger partial charge in [0.1, 0.15) is 5.75 Å². The van der Waals surface area contributed by atoms with Gasteiger partial charge in [0.15, 0.2) is 0 Å². The maximum Gasteiger partial charge on any atom is 0.124 e. The van der Waals surface area contributed by atoms with Crippen LogP contribution in [0.25, 0.3) is 0 Å². The van der Waals surface area contributed by atoms with Crippen LogP contribution in [0.1, 0.15) is 44.2 Å². The highest BCUT2D eigenvalue weighted by Gasteiger charge is 2.06. The average molecular weight is 207 g/mol. The molecule has 0 fully saturated rings. The Bertz CT molecular complexity index is 307. The molecule has 0 bridgehead atoms. The molecule has 1 aromatic rings. The first-order chi connectivity index (χ1) is 7.19. The molecule has 84 valence electrons. The van der Waals surface area contributed by atoms with Crippen LogP contribution in [0.15, 0.2) is 18.2 Å². The molecule has 0 spiro atoms. The fourth-order valence-electron chi connectivity index (χ4n) is 1.45. The first kappa shape index (κ1) is 12.1. The van der Waals surface area contributed by atoms with Gasteiger partial charge in [-0.2, -0.15) is 0 Å². The SMILES string of the molecule is CCCOc1cc(C(C)C)ccc1CN. The first-order valence-corrected chi connectivity index (χ1v) is 5.64. The largest absolute Gasteiger partial charge is 0.493 e. The number of nitrogens with two attached hydrogens (primary N) is 1. The minimum atomic E-state index is 0.529. The average Bonchev–Trinajstić information content (AvgIpc) is 2.25. The van der Waals surface area contributed by atoms with Crippen LogP contribution in [0.5, 0.6) is 5.75 Å². The minimum absolute atomic E-state index is 0.529. The molecule has 0 saturated heterocycles. The van der Waals surface area contributed by atoms with Gasteiger partial charge in [-0.1, -0.05) is 32.9 Å². The molecule has 0 heterocycles. The number of ether oxygens (including phenoxy) is 1. The molecule has 0 aliphatic heterocycles. The van der Waals surface area contributed by atoms with Gasteiger partial charge in [-0.15, -0.1) is 0 Å². The van der Waals surface area contributed by atoms with E-state index in [1.165, 1.54) is 5.56 Å². The van der Waals surface area contributed by atoms with E-state index in [1.807, 2.05) is 0 Å². The summed E-state index contributed by atoms with van der Waals surface area (Å²) in [4.78, 5) is 0. The third-order valence-electron chi connectivity index (χ3n) is 2.44. The van der Waals surface area contributed by atoms with Crippen molar-refractivity contribution < 1.29 is 4.74 Å². The summed E-state index contributed by atoms with van der Waals surface area (Å²) in [5.41, 5.74) is 8.06. The Morgan fingerprint density at radius 3 is 2.60 bits per heavy atom. The topological polar surface area (TPSA) is 35.2 Å². The lowest BCUT2D eigenvalue weighted by molar-refractivity contribution is 0.314. The van der Waals surface area contributed by atoms with Gasteiger partial charge in [0.2, 0.25) is 0 Å². The highest BCUT2D eigenvalue weighted by molar-refractivity contribution is 5.38. The standard InChI is InChI=1S/C13H21NO/c1-4-7-15-13-8-11(10(2)3)5-6-12(13)9-14/h5-6,8,10H,4,7,9,14H2,1-3H3. The summed E-state index contributed by atoms with van der Waals surface area (Å²) in [7, 11) is 0. The van der Waals surface area contributed by atoms with Crippen molar-refractivity contribution in [1.29, 1.82) is 0 Å². The van der Waals surface area contributed by atoms with Crippen molar-refractivity contribution in [3.05, 3.63) is 29.3 Å². The second kappa shape index (κ2) is 5.76. The Balaban J connectivity index is 2.91. The summed E-state index contributed by atoms with van der Waals surface area (Å²) < 4.78 is 5.69. The van der Waals surface area contributed by atoms with Crippen LogP contribution >= 0.6 is 0 Å². The molecule has 2 heteroatoms. The fourth-order valence-corrected chi connectivity index (χ4v) is 1.45. The molecule has 0 atom stereocenters. The fraction of sp³-hybridized carbons (Fsp3) is 0.538. The van der Waals surface area contributed by atoms with Gasteiger partial charge >= 0.3 is 0 Å². The number of benzene rings is 1. The summed E-state index contributed by atoms with van der Waals surface area (Å²) in [5.74, 6) is 1.48. The minimum Gasteiger partial charge on any atom is -0.493 e. The highest BCUT2D eigenvalue weighted by atomic mass is 16.5. The molecule has 0 amide bonds. The lowest BCUT2D eigenvalue weighted by Crippen LogP contribution is -2.04. The molecule has 0 unspecified atom stereocenters. The van der Waals surface area contributed by atoms with Crippen molar-refractivity contribution in [2.75, 3.05) is 6.61 Å². The van der Waals surface area contributed by atoms with Gasteiger partial charge in [-0.3, -0.25) is 0 Å². The van der Waals surface area contributed by atoms with Gasteiger partial charge in [0.25, 0.3) is 0 Å². The van der Waals surface area contributed by atoms with Gasteiger partial charge < -0.3 is 10.5 Å². The van der Waals surface area contributed by atoms with Crippen LogP contribution in [-0.2, 0) is 6.54 Å². The van der Waals surface area contributed by atoms with Crippen molar-refractivity contribution in [3.8, 4) is 5.75 Å². The van der Waals surface area contributed by atoms with E-state index < -0.39 is 0 Å². The van der Waals surface area contributed by atoms with Gasteiger partial charge in [0, 0.05) is 12.1 Å². The smallest absolute Gasteiger partial charge is 0.124 e. The highest BCUT2D eigenvalue weighted by Crippen LogP contribution is 2.24. The van der Waals surface area contributed by atoms with Crippen molar-refractivity contribution in [2.24, 2.45) is 5.73 Å². The van der Waals surface area contributed by atoms with E-state index in [1.54, 1.807) is 0 Å². The second-order valence-electron chi connectivity index (χ2n) is 4.07. The Hall–Kier alpha value is -1.02. The summed E-state index contributed by atoms with van der Waals surface area (Å²) in [5, 5.41) is 0. The van der Waals surface area contributed by atoms with E-state index in [-0.39, 0.29) is 0 Å². The number of rotatable bonds is 5. The number of hydrogen-bond acceptors (Lipinski definition) is 2. The van der Waals surface area contributed by atoms with Crippen molar-refractivity contribution in [1.82, 2.24) is 0 Å². The Morgan fingerprint density at radius 2 is 2.07 bits per heavy atom. The van der Waals surface area contributed by atoms with Gasteiger partial charge in [0.05, 0.1) is 6.61 Å². The summed E-state index contributed by atoms with van der Waals surface area (Å²) in [6.45, 7) is 7.77. The molecule has 1 rings (SSSR count). The van der Waals surface area contributed by atoms with Crippen molar-refractivity contribution >= 4 is 0 Å². The van der Waals surface area contributed by atoms with Gasteiger partial charge in [-0.05, 0) is 24.0 Å². The predicted molar refractivity (Wildman–Crippen MR) is 64.2 cm³/mol. The maximum absolute atomic E-state index is 5.69. The lowest BCUT2D eigenvalue weighted by Gasteiger charge is -2.13. The van der Waals surface area contributed by atoms with Crippen LogP contribution < -0.4 is 10.5 Å².